The van der Waals surface area contributed by atoms with Gasteiger partial charge in [0.1, 0.15) is 5.60 Å². The van der Waals surface area contributed by atoms with E-state index in [1.807, 2.05) is 23.1 Å². The zero-order valence-electron chi connectivity index (χ0n) is 15.9. The van der Waals surface area contributed by atoms with Gasteiger partial charge in [-0.05, 0) is 11.5 Å². The van der Waals surface area contributed by atoms with Gasteiger partial charge < -0.3 is 14.1 Å². The number of carbonyl (C=O) groups excluding carboxylic acids is 1. The molecule has 0 bridgehead atoms. The molecule has 1 atom stereocenters. The lowest BCUT2D eigenvalue weighted by molar-refractivity contribution is -0.00304. The van der Waals surface area contributed by atoms with E-state index in [0.717, 1.165) is 25.9 Å². The number of benzene rings is 1. The van der Waals surface area contributed by atoms with E-state index < -0.39 is 0 Å². The number of ether oxygens (including phenoxy) is 1. The highest BCUT2D eigenvalue weighted by Gasteiger charge is 2.47. The molecule has 1 aromatic carbocycles. The van der Waals surface area contributed by atoms with Crippen LogP contribution >= 0.6 is 0 Å². The Morgan fingerprint density at radius 1 is 1.19 bits per heavy atom. The number of nitrogens with zero attached hydrogens (tertiary/aromatic N) is 4. The van der Waals surface area contributed by atoms with E-state index in [1.165, 1.54) is 5.56 Å². The number of aromatic nitrogens is 2. The molecule has 0 saturated carbocycles. The van der Waals surface area contributed by atoms with Crippen LogP contribution in [0.4, 0.5) is 4.79 Å². The summed E-state index contributed by atoms with van der Waals surface area (Å²) in [6, 6.07) is 10.3. The standard InChI is InChI=1S/C20H26N4O3/c1-15(17-6-4-3-5-7-17)12-24-14-20(27-19(24)25)8-10-23(11-9-20)13-18-22-21-16(2)26-18/h3-7,15H,8-14H2,1-2H3. The van der Waals surface area contributed by atoms with Crippen molar-refractivity contribution in [3.8, 4) is 0 Å². The molecule has 0 aliphatic carbocycles. The van der Waals surface area contributed by atoms with Gasteiger partial charge in [0.2, 0.25) is 11.8 Å². The van der Waals surface area contributed by atoms with Crippen molar-refractivity contribution in [1.29, 1.82) is 0 Å². The van der Waals surface area contributed by atoms with Crippen LogP contribution in [0.5, 0.6) is 0 Å². The number of likely N-dealkylation sites (tertiary alicyclic amines) is 1. The third-order valence-corrected chi connectivity index (χ3v) is 5.60. The van der Waals surface area contributed by atoms with E-state index in [2.05, 4.69) is 34.2 Å². The van der Waals surface area contributed by atoms with Gasteiger partial charge in [-0.1, -0.05) is 37.3 Å². The third kappa shape index (κ3) is 3.98. The van der Waals surface area contributed by atoms with Gasteiger partial charge in [-0.15, -0.1) is 10.2 Å². The van der Waals surface area contributed by atoms with Gasteiger partial charge in [0.25, 0.3) is 0 Å². The van der Waals surface area contributed by atoms with E-state index in [-0.39, 0.29) is 17.6 Å². The van der Waals surface area contributed by atoms with Gasteiger partial charge in [-0.25, -0.2) is 4.79 Å². The van der Waals surface area contributed by atoms with E-state index in [1.54, 1.807) is 6.92 Å². The van der Waals surface area contributed by atoms with Gasteiger partial charge in [0.15, 0.2) is 0 Å². The molecular weight excluding hydrogens is 344 g/mol. The average Bonchev–Trinajstić information content (AvgIpc) is 3.21. The van der Waals surface area contributed by atoms with Crippen molar-refractivity contribution in [3.05, 3.63) is 47.7 Å². The molecule has 2 aliphatic rings. The van der Waals surface area contributed by atoms with Gasteiger partial charge in [0, 0.05) is 39.4 Å². The van der Waals surface area contributed by atoms with Crippen LogP contribution in [0.2, 0.25) is 0 Å². The zero-order chi connectivity index (χ0) is 18.9. The summed E-state index contributed by atoms with van der Waals surface area (Å²) in [6.45, 7) is 7.69. The minimum atomic E-state index is -0.352. The number of piperidine rings is 1. The van der Waals surface area contributed by atoms with Gasteiger partial charge >= 0.3 is 6.09 Å². The second-order valence-electron chi connectivity index (χ2n) is 7.73. The molecule has 7 heteroatoms. The highest BCUT2D eigenvalue weighted by Crippen LogP contribution is 2.34. The summed E-state index contributed by atoms with van der Waals surface area (Å²) in [5.74, 6) is 1.52. The second-order valence-corrected chi connectivity index (χ2v) is 7.73. The van der Waals surface area contributed by atoms with Crippen molar-refractivity contribution in [2.45, 2.75) is 44.8 Å². The molecule has 0 radical (unpaired) electrons. The molecule has 1 unspecified atom stereocenters. The molecule has 1 spiro atoms. The fraction of sp³-hybridized carbons (Fsp3) is 0.550. The number of rotatable bonds is 5. The first-order chi connectivity index (χ1) is 13.0. The maximum absolute atomic E-state index is 12.4. The maximum atomic E-state index is 12.4. The number of carbonyl (C=O) groups is 1. The van der Waals surface area contributed by atoms with Crippen LogP contribution in [0.25, 0.3) is 0 Å². The first-order valence-corrected chi connectivity index (χ1v) is 9.57. The molecular formula is C20H26N4O3. The highest BCUT2D eigenvalue weighted by atomic mass is 16.6. The molecule has 2 fully saturated rings. The van der Waals surface area contributed by atoms with Crippen LogP contribution in [-0.4, -0.2) is 57.9 Å². The fourth-order valence-corrected chi connectivity index (χ4v) is 4.02. The van der Waals surface area contributed by atoms with Crippen LogP contribution in [0.1, 0.15) is 43.0 Å². The topological polar surface area (TPSA) is 71.7 Å². The molecule has 1 aromatic heterocycles. The lowest BCUT2D eigenvalue weighted by atomic mass is 9.91. The molecule has 2 saturated heterocycles. The molecule has 27 heavy (non-hydrogen) atoms. The highest BCUT2D eigenvalue weighted by molar-refractivity contribution is 5.70. The minimum Gasteiger partial charge on any atom is -0.441 e. The Hall–Kier alpha value is -2.41. The lowest BCUT2D eigenvalue weighted by Gasteiger charge is -2.36. The Morgan fingerprint density at radius 3 is 2.59 bits per heavy atom. The molecule has 0 N–H and O–H groups in total. The Balaban J connectivity index is 1.32. The van der Waals surface area contributed by atoms with Crippen LogP contribution in [0, 0.1) is 6.92 Å². The summed E-state index contributed by atoms with van der Waals surface area (Å²) in [7, 11) is 0. The maximum Gasteiger partial charge on any atom is 0.410 e. The van der Waals surface area contributed by atoms with E-state index in [0.29, 0.717) is 31.4 Å². The molecule has 2 aliphatic heterocycles. The Labute approximate surface area is 159 Å². The van der Waals surface area contributed by atoms with Gasteiger partial charge in [-0.2, -0.15) is 0 Å². The summed E-state index contributed by atoms with van der Waals surface area (Å²) in [5, 5.41) is 7.94. The number of amides is 1. The number of aryl methyl sites for hydroxylation is 1. The summed E-state index contributed by atoms with van der Waals surface area (Å²) in [5.41, 5.74) is 0.894. The first-order valence-electron chi connectivity index (χ1n) is 9.57. The van der Waals surface area contributed by atoms with Crippen LogP contribution in [0.15, 0.2) is 34.7 Å². The molecule has 3 heterocycles. The Bertz CT molecular complexity index is 784. The quantitative estimate of drug-likeness (QED) is 0.806. The van der Waals surface area contributed by atoms with Crippen LogP contribution in [0.3, 0.4) is 0 Å². The molecule has 2 aromatic rings. The predicted octanol–water partition coefficient (Wildman–Crippen LogP) is 2.97. The molecule has 7 nitrogen and oxygen atoms in total. The van der Waals surface area contributed by atoms with E-state index in [9.17, 15) is 4.79 Å². The monoisotopic (exact) mass is 370 g/mol. The van der Waals surface area contributed by atoms with Crippen LogP contribution in [-0.2, 0) is 11.3 Å². The number of hydrogen-bond donors (Lipinski definition) is 0. The second kappa shape index (κ2) is 7.31. The predicted molar refractivity (Wildman–Crippen MR) is 99.2 cm³/mol. The van der Waals surface area contributed by atoms with Crippen molar-refractivity contribution in [1.82, 2.24) is 20.0 Å². The minimum absolute atomic E-state index is 0.182. The molecule has 1 amide bonds. The Morgan fingerprint density at radius 2 is 1.93 bits per heavy atom. The van der Waals surface area contributed by atoms with Crippen molar-refractivity contribution >= 4 is 6.09 Å². The molecule has 4 rings (SSSR count). The SMILES string of the molecule is Cc1nnc(CN2CCC3(CC2)CN(CC(C)c2ccccc2)C(=O)O3)o1. The summed E-state index contributed by atoms with van der Waals surface area (Å²) in [6.07, 6.45) is 1.49. The number of hydrogen-bond acceptors (Lipinski definition) is 6. The Kier molecular flexibility index (Phi) is 4.86. The first kappa shape index (κ1) is 18.0. The van der Waals surface area contributed by atoms with Crippen molar-refractivity contribution in [2.75, 3.05) is 26.2 Å². The zero-order valence-corrected chi connectivity index (χ0v) is 15.9. The summed E-state index contributed by atoms with van der Waals surface area (Å²) >= 11 is 0. The van der Waals surface area contributed by atoms with Crippen molar-refractivity contribution < 1.29 is 13.9 Å². The fourth-order valence-electron chi connectivity index (χ4n) is 4.02. The average molecular weight is 370 g/mol. The summed E-state index contributed by atoms with van der Waals surface area (Å²) in [4.78, 5) is 16.6. The van der Waals surface area contributed by atoms with E-state index >= 15 is 0 Å². The largest absolute Gasteiger partial charge is 0.441 e. The van der Waals surface area contributed by atoms with Gasteiger partial charge in [0.05, 0.1) is 13.1 Å². The van der Waals surface area contributed by atoms with Crippen molar-refractivity contribution in [2.24, 2.45) is 0 Å². The molecule has 144 valence electrons. The normalized spacial score (nSPS) is 20.8. The summed E-state index contributed by atoms with van der Waals surface area (Å²) < 4.78 is 11.3. The van der Waals surface area contributed by atoms with Crippen molar-refractivity contribution in [3.63, 3.8) is 0 Å². The van der Waals surface area contributed by atoms with Crippen LogP contribution < -0.4 is 0 Å². The van der Waals surface area contributed by atoms with Gasteiger partial charge in [-0.3, -0.25) is 4.90 Å². The lowest BCUT2D eigenvalue weighted by Crippen LogP contribution is -2.46. The third-order valence-electron chi connectivity index (χ3n) is 5.60. The smallest absolute Gasteiger partial charge is 0.410 e. The van der Waals surface area contributed by atoms with E-state index in [4.69, 9.17) is 9.15 Å².